The Hall–Kier alpha value is -1.33. The van der Waals surface area contributed by atoms with E-state index in [1.165, 1.54) is 19.4 Å². The number of hydrogen-bond donors (Lipinski definition) is 1. The third-order valence-electron chi connectivity index (χ3n) is 5.16. The van der Waals surface area contributed by atoms with Crippen LogP contribution in [0.15, 0.2) is 22.8 Å². The van der Waals surface area contributed by atoms with Crippen LogP contribution >= 0.6 is 0 Å². The largest absolute Gasteiger partial charge is 0.467 e. The lowest BCUT2D eigenvalue weighted by Gasteiger charge is -2.35. The minimum atomic E-state index is -0.294. The van der Waals surface area contributed by atoms with Gasteiger partial charge in [-0.05, 0) is 50.2 Å². The summed E-state index contributed by atoms with van der Waals surface area (Å²) in [5.41, 5.74) is 0. The van der Waals surface area contributed by atoms with Crippen molar-refractivity contribution in [1.29, 1.82) is 0 Å². The molecule has 1 aromatic rings. The summed E-state index contributed by atoms with van der Waals surface area (Å²) in [5.74, 6) is 1.70. The van der Waals surface area contributed by atoms with Crippen molar-refractivity contribution < 1.29 is 13.9 Å². The van der Waals surface area contributed by atoms with E-state index in [9.17, 15) is 4.79 Å². The van der Waals surface area contributed by atoms with Crippen molar-refractivity contribution in [2.45, 2.75) is 56.9 Å². The summed E-state index contributed by atoms with van der Waals surface area (Å²) in [6.45, 7) is 2.81. The first-order valence-corrected chi connectivity index (χ1v) is 8.49. The van der Waals surface area contributed by atoms with Crippen LogP contribution < -0.4 is 5.32 Å². The quantitative estimate of drug-likeness (QED) is 0.903. The molecular weight excluding hydrogens is 280 g/mol. The average Bonchev–Trinajstić information content (AvgIpc) is 3.04. The van der Waals surface area contributed by atoms with Crippen LogP contribution in [0.25, 0.3) is 0 Å². The van der Waals surface area contributed by atoms with E-state index in [-0.39, 0.29) is 18.1 Å². The molecule has 0 aromatic carbocycles. The van der Waals surface area contributed by atoms with Gasteiger partial charge in [-0.2, -0.15) is 0 Å². The van der Waals surface area contributed by atoms with Crippen molar-refractivity contribution in [1.82, 2.24) is 10.2 Å². The van der Waals surface area contributed by atoms with E-state index in [0.29, 0.717) is 12.6 Å². The van der Waals surface area contributed by atoms with Gasteiger partial charge in [-0.3, -0.25) is 9.69 Å². The maximum atomic E-state index is 12.3. The maximum absolute atomic E-state index is 12.3. The smallest absolute Gasteiger partial charge is 0.249 e. The average molecular weight is 304 g/mol. The zero-order chi connectivity index (χ0) is 14.9. The minimum absolute atomic E-state index is 0.00417. The Morgan fingerprint density at radius 2 is 2.18 bits per heavy atom. The van der Waals surface area contributed by atoms with Crippen molar-refractivity contribution >= 4 is 5.91 Å². The molecule has 0 unspecified atom stereocenters. The van der Waals surface area contributed by atoms with Crippen molar-refractivity contribution in [3.8, 4) is 0 Å². The van der Waals surface area contributed by atoms with Crippen LogP contribution in [0.1, 0.15) is 37.9 Å². The number of ether oxygens (including phenoxy) is 1. The predicted molar refractivity (Wildman–Crippen MR) is 81.2 cm³/mol. The Morgan fingerprint density at radius 3 is 2.95 bits per heavy atom. The summed E-state index contributed by atoms with van der Waals surface area (Å²) < 4.78 is 11.3. The van der Waals surface area contributed by atoms with Gasteiger partial charge in [0, 0.05) is 19.1 Å². The van der Waals surface area contributed by atoms with Crippen LogP contribution in [0, 0.1) is 5.92 Å². The van der Waals surface area contributed by atoms with E-state index < -0.39 is 0 Å². The number of likely N-dealkylation sites (tertiary alicyclic amines) is 1. The third-order valence-corrected chi connectivity index (χ3v) is 5.16. The molecule has 0 spiro atoms. The molecule has 5 nitrogen and oxygen atoms in total. The van der Waals surface area contributed by atoms with Gasteiger partial charge < -0.3 is 14.5 Å². The molecule has 1 aromatic heterocycles. The number of nitrogens with one attached hydrogen (secondary N) is 1. The highest BCUT2D eigenvalue weighted by atomic mass is 16.5. The third kappa shape index (κ3) is 3.06. The number of furan rings is 1. The molecule has 3 heterocycles. The van der Waals surface area contributed by atoms with Gasteiger partial charge in [0.25, 0.3) is 0 Å². The molecule has 1 aliphatic carbocycles. The van der Waals surface area contributed by atoms with Gasteiger partial charge in [0.2, 0.25) is 5.91 Å². The number of carbonyl (C=O) groups excluding carboxylic acids is 1. The Labute approximate surface area is 131 Å². The highest BCUT2D eigenvalue weighted by Gasteiger charge is 2.42. The molecule has 3 fully saturated rings. The van der Waals surface area contributed by atoms with Gasteiger partial charge in [0.15, 0.2) is 0 Å². The van der Waals surface area contributed by atoms with Crippen LogP contribution in [0.5, 0.6) is 0 Å². The zero-order valence-electron chi connectivity index (χ0n) is 12.9. The Balaban J connectivity index is 1.27. The summed E-state index contributed by atoms with van der Waals surface area (Å²) in [6.07, 6.45) is 7.33. The van der Waals surface area contributed by atoms with Crippen molar-refractivity contribution in [2.24, 2.45) is 5.92 Å². The predicted octanol–water partition coefficient (Wildman–Crippen LogP) is 1.93. The lowest BCUT2D eigenvalue weighted by atomic mass is 9.98. The zero-order valence-corrected chi connectivity index (χ0v) is 12.9. The number of hydrogen-bond acceptors (Lipinski definition) is 4. The summed E-state index contributed by atoms with van der Waals surface area (Å²) in [6, 6.07) is 4.23. The van der Waals surface area contributed by atoms with Crippen LogP contribution in [0.2, 0.25) is 0 Å². The molecule has 120 valence electrons. The van der Waals surface area contributed by atoms with E-state index in [4.69, 9.17) is 9.15 Å². The van der Waals surface area contributed by atoms with E-state index in [2.05, 4.69) is 10.2 Å². The summed E-state index contributed by atoms with van der Waals surface area (Å²) in [5, 5.41) is 2.92. The molecule has 2 aliphatic heterocycles. The lowest BCUT2D eigenvalue weighted by Crippen LogP contribution is -2.48. The first-order chi connectivity index (χ1) is 10.8. The Bertz CT molecular complexity index is 512. The van der Waals surface area contributed by atoms with Crippen molar-refractivity contribution in [3.05, 3.63) is 24.2 Å². The first kappa shape index (κ1) is 14.3. The summed E-state index contributed by atoms with van der Waals surface area (Å²) >= 11 is 0. The number of amides is 1. The van der Waals surface area contributed by atoms with Gasteiger partial charge in [-0.15, -0.1) is 0 Å². The molecular formula is C17H24N2O3. The fourth-order valence-corrected chi connectivity index (χ4v) is 3.77. The van der Waals surface area contributed by atoms with Gasteiger partial charge >= 0.3 is 0 Å². The lowest BCUT2D eigenvalue weighted by molar-refractivity contribution is -0.144. The van der Waals surface area contributed by atoms with Crippen LogP contribution in [0.3, 0.4) is 0 Å². The monoisotopic (exact) mass is 304 g/mol. The van der Waals surface area contributed by atoms with E-state index in [0.717, 1.165) is 37.5 Å². The molecule has 4 rings (SSSR count). The molecule has 22 heavy (non-hydrogen) atoms. The molecule has 5 heteroatoms. The standard InChI is InChI=1S/C17H24N2O3/c20-17(18-10-13-2-1-9-21-13)16-6-5-14-15(22-16)7-8-19(14)11-12-3-4-12/h1-2,9,12,14-16H,3-8,10-11H2,(H,18,20)/t14-,15-,16-/m0/s1. The fraction of sp³-hybridized carbons (Fsp3) is 0.706. The second kappa shape index (κ2) is 6.05. The van der Waals surface area contributed by atoms with Gasteiger partial charge in [-0.1, -0.05) is 0 Å². The molecule has 1 N–H and O–H groups in total. The highest BCUT2D eigenvalue weighted by Crippen LogP contribution is 2.36. The molecule has 0 bridgehead atoms. The van der Waals surface area contributed by atoms with Crippen LogP contribution in [-0.2, 0) is 16.1 Å². The molecule has 3 atom stereocenters. The number of fused-ring (bicyclic) bond motifs is 1. The fourth-order valence-electron chi connectivity index (χ4n) is 3.77. The molecule has 3 aliphatic rings. The number of nitrogens with zero attached hydrogens (tertiary/aromatic N) is 1. The van der Waals surface area contributed by atoms with E-state index in [1.54, 1.807) is 6.26 Å². The van der Waals surface area contributed by atoms with Crippen molar-refractivity contribution in [3.63, 3.8) is 0 Å². The first-order valence-electron chi connectivity index (χ1n) is 8.49. The Morgan fingerprint density at radius 1 is 1.27 bits per heavy atom. The van der Waals surface area contributed by atoms with Gasteiger partial charge in [0.05, 0.1) is 18.9 Å². The maximum Gasteiger partial charge on any atom is 0.249 e. The van der Waals surface area contributed by atoms with Gasteiger partial charge in [-0.25, -0.2) is 0 Å². The van der Waals surface area contributed by atoms with Crippen LogP contribution in [-0.4, -0.2) is 42.1 Å². The SMILES string of the molecule is O=C(NCc1ccco1)[C@@H]1CC[C@H]2[C@H](CCN2CC2CC2)O1. The molecule has 1 amide bonds. The van der Waals surface area contributed by atoms with E-state index in [1.807, 2.05) is 12.1 Å². The Kier molecular flexibility index (Phi) is 3.92. The highest BCUT2D eigenvalue weighted by molar-refractivity contribution is 5.80. The molecule has 2 saturated heterocycles. The summed E-state index contributed by atoms with van der Waals surface area (Å²) in [4.78, 5) is 14.9. The topological polar surface area (TPSA) is 54.7 Å². The molecule has 0 radical (unpaired) electrons. The second-order valence-electron chi connectivity index (χ2n) is 6.83. The van der Waals surface area contributed by atoms with Crippen LogP contribution in [0.4, 0.5) is 0 Å². The van der Waals surface area contributed by atoms with E-state index >= 15 is 0 Å². The number of rotatable bonds is 5. The normalized spacial score (nSPS) is 31.9. The molecule has 1 saturated carbocycles. The van der Waals surface area contributed by atoms with Crippen molar-refractivity contribution in [2.75, 3.05) is 13.1 Å². The van der Waals surface area contributed by atoms with Gasteiger partial charge in [0.1, 0.15) is 11.9 Å². The number of carbonyl (C=O) groups is 1. The second-order valence-corrected chi connectivity index (χ2v) is 6.83. The summed E-state index contributed by atoms with van der Waals surface area (Å²) in [7, 11) is 0. The minimum Gasteiger partial charge on any atom is -0.467 e.